The minimum absolute atomic E-state index is 0.0296. The van der Waals surface area contributed by atoms with Crippen molar-refractivity contribution in [3.05, 3.63) is 63.9 Å². The van der Waals surface area contributed by atoms with E-state index >= 15 is 0 Å². The highest BCUT2D eigenvalue weighted by Gasteiger charge is 2.42. The standard InChI is InChI=1S/C27H30ClN5O2/c1-26(15-23(34)33(25(30)32-26)20-8-12-35-13-9-20)21-5-2-4-19(24(21)28)14-18-6-7-22(31-16-18)27(17-29)10-3-11-27/h2,4-7,16,20H,3,8-15H2,1H3,(H2,30,32)/t26-/m0/s1. The number of nitrogens with zero attached hydrogens (tertiary/aromatic N) is 4. The molecule has 8 heteroatoms. The fourth-order valence-corrected chi connectivity index (χ4v) is 5.86. The number of carbonyl (C=O) groups is 1. The highest BCUT2D eigenvalue weighted by atomic mass is 35.5. The van der Waals surface area contributed by atoms with Crippen LogP contribution >= 0.6 is 11.6 Å². The second-order valence-corrected chi connectivity index (χ2v) is 10.5. The molecule has 2 N–H and O–H groups in total. The summed E-state index contributed by atoms with van der Waals surface area (Å²) in [4.78, 5) is 24.2. The van der Waals surface area contributed by atoms with E-state index < -0.39 is 11.0 Å². The Morgan fingerprint density at radius 2 is 2.03 bits per heavy atom. The van der Waals surface area contributed by atoms with Crippen molar-refractivity contribution in [1.29, 1.82) is 5.26 Å². The first kappa shape index (κ1) is 23.8. The number of halogens is 1. The molecule has 1 saturated carbocycles. The van der Waals surface area contributed by atoms with Crippen LogP contribution in [0.15, 0.2) is 41.5 Å². The summed E-state index contributed by atoms with van der Waals surface area (Å²) in [6.45, 7) is 3.17. The van der Waals surface area contributed by atoms with Gasteiger partial charge in [0.25, 0.3) is 0 Å². The van der Waals surface area contributed by atoms with Gasteiger partial charge >= 0.3 is 0 Å². The molecule has 0 unspecified atom stereocenters. The Labute approximate surface area is 210 Å². The summed E-state index contributed by atoms with van der Waals surface area (Å²) < 4.78 is 5.43. The number of nitrogens with two attached hydrogens (primary N) is 1. The van der Waals surface area contributed by atoms with Crippen molar-refractivity contribution < 1.29 is 9.53 Å². The molecule has 2 aliphatic heterocycles. The van der Waals surface area contributed by atoms with E-state index in [4.69, 9.17) is 27.1 Å². The van der Waals surface area contributed by atoms with Crippen LogP contribution in [0.2, 0.25) is 5.02 Å². The number of ether oxygens (including phenoxy) is 1. The molecule has 0 spiro atoms. The van der Waals surface area contributed by atoms with Gasteiger partial charge in [0.15, 0.2) is 5.96 Å². The molecule has 182 valence electrons. The van der Waals surface area contributed by atoms with E-state index in [-0.39, 0.29) is 24.3 Å². The van der Waals surface area contributed by atoms with Gasteiger partial charge < -0.3 is 10.5 Å². The van der Waals surface area contributed by atoms with Crippen LogP contribution in [0.25, 0.3) is 0 Å². The molecule has 7 nitrogen and oxygen atoms in total. The maximum atomic E-state index is 13.2. The SMILES string of the molecule is C[C@@]1(c2cccc(Cc3ccc(C4(C#N)CCC4)nc3)c2Cl)CC(=O)N(C2CCOCC2)C(N)=N1. The summed E-state index contributed by atoms with van der Waals surface area (Å²) in [6, 6.07) is 12.3. The fraction of sp³-hybridized carbons (Fsp3) is 0.481. The van der Waals surface area contributed by atoms with Gasteiger partial charge in [-0.15, -0.1) is 0 Å². The van der Waals surface area contributed by atoms with Gasteiger partial charge in [-0.3, -0.25) is 14.7 Å². The lowest BCUT2D eigenvalue weighted by atomic mass is 9.67. The Bertz CT molecular complexity index is 1200. The van der Waals surface area contributed by atoms with Crippen LogP contribution in [0.3, 0.4) is 0 Å². The fourth-order valence-electron chi connectivity index (χ4n) is 5.46. The predicted molar refractivity (Wildman–Crippen MR) is 134 cm³/mol. The number of guanidine groups is 1. The number of amides is 1. The zero-order valence-corrected chi connectivity index (χ0v) is 20.7. The summed E-state index contributed by atoms with van der Waals surface area (Å²) in [5.41, 5.74) is 8.68. The lowest BCUT2D eigenvalue weighted by molar-refractivity contribution is -0.132. The topological polar surface area (TPSA) is 105 Å². The van der Waals surface area contributed by atoms with E-state index in [0.29, 0.717) is 24.7 Å². The number of benzene rings is 1. The van der Waals surface area contributed by atoms with Gasteiger partial charge in [-0.1, -0.05) is 35.9 Å². The quantitative estimate of drug-likeness (QED) is 0.674. The van der Waals surface area contributed by atoms with Gasteiger partial charge in [0.1, 0.15) is 0 Å². The maximum Gasteiger partial charge on any atom is 0.232 e. The molecule has 5 rings (SSSR count). The second kappa shape index (κ2) is 9.25. The third-order valence-electron chi connectivity index (χ3n) is 7.72. The van der Waals surface area contributed by atoms with Crippen molar-refractivity contribution >= 4 is 23.5 Å². The minimum atomic E-state index is -0.832. The Morgan fingerprint density at radius 1 is 1.26 bits per heavy atom. The predicted octanol–water partition coefficient (Wildman–Crippen LogP) is 4.21. The molecule has 3 aliphatic rings. The van der Waals surface area contributed by atoms with Crippen LogP contribution in [0, 0.1) is 11.3 Å². The molecule has 0 bridgehead atoms. The van der Waals surface area contributed by atoms with Crippen LogP contribution in [-0.2, 0) is 26.9 Å². The van der Waals surface area contributed by atoms with Gasteiger partial charge in [-0.2, -0.15) is 5.26 Å². The number of hydrogen-bond donors (Lipinski definition) is 1. The van der Waals surface area contributed by atoms with Crippen LogP contribution in [0.5, 0.6) is 0 Å². The highest BCUT2D eigenvalue weighted by Crippen LogP contribution is 2.42. The normalized spacial score (nSPS) is 24.4. The zero-order valence-electron chi connectivity index (χ0n) is 20.0. The number of hydrogen-bond acceptors (Lipinski definition) is 6. The highest BCUT2D eigenvalue weighted by molar-refractivity contribution is 6.32. The molecule has 3 heterocycles. The Hall–Kier alpha value is -2.95. The molecular weight excluding hydrogens is 462 g/mol. The van der Waals surface area contributed by atoms with E-state index in [0.717, 1.165) is 54.5 Å². The summed E-state index contributed by atoms with van der Waals surface area (Å²) >= 11 is 6.91. The van der Waals surface area contributed by atoms with Crippen molar-refractivity contribution in [1.82, 2.24) is 9.88 Å². The lowest BCUT2D eigenvalue weighted by Crippen LogP contribution is -2.55. The number of nitriles is 1. The van der Waals surface area contributed by atoms with Gasteiger partial charge in [0.2, 0.25) is 5.91 Å². The van der Waals surface area contributed by atoms with E-state index in [1.54, 1.807) is 4.90 Å². The first-order valence-corrected chi connectivity index (χ1v) is 12.6. The largest absolute Gasteiger partial charge is 0.381 e. The van der Waals surface area contributed by atoms with Crippen molar-refractivity contribution in [3.63, 3.8) is 0 Å². The number of aliphatic imine (C=N–C) groups is 1. The first-order chi connectivity index (χ1) is 16.8. The Balaban J connectivity index is 1.39. The zero-order chi connectivity index (χ0) is 24.6. The monoisotopic (exact) mass is 491 g/mol. The number of aromatic nitrogens is 1. The Kier molecular flexibility index (Phi) is 6.29. The van der Waals surface area contributed by atoms with Crippen molar-refractivity contribution in [3.8, 4) is 6.07 Å². The van der Waals surface area contributed by atoms with Crippen LogP contribution in [-0.4, -0.2) is 41.0 Å². The molecular formula is C27H30ClN5O2. The van der Waals surface area contributed by atoms with E-state index in [1.807, 2.05) is 43.5 Å². The van der Waals surface area contributed by atoms with Crippen LogP contribution in [0.1, 0.15) is 67.8 Å². The van der Waals surface area contributed by atoms with Gasteiger partial charge in [-0.05, 0) is 61.8 Å². The molecule has 35 heavy (non-hydrogen) atoms. The van der Waals surface area contributed by atoms with E-state index in [1.165, 1.54) is 0 Å². The molecule has 1 aromatic carbocycles. The number of rotatable bonds is 5. The van der Waals surface area contributed by atoms with E-state index in [9.17, 15) is 10.1 Å². The van der Waals surface area contributed by atoms with Gasteiger partial charge in [-0.25, -0.2) is 4.99 Å². The summed E-state index contributed by atoms with van der Waals surface area (Å²) in [5.74, 6) is 0.217. The molecule has 2 aromatic rings. The van der Waals surface area contributed by atoms with Crippen LogP contribution < -0.4 is 5.73 Å². The molecule has 0 radical (unpaired) electrons. The van der Waals surface area contributed by atoms with Gasteiger partial charge in [0.05, 0.1) is 29.1 Å². The molecule has 2 fully saturated rings. The van der Waals surface area contributed by atoms with Gasteiger partial charge in [0, 0.05) is 36.9 Å². The average molecular weight is 492 g/mol. The minimum Gasteiger partial charge on any atom is -0.381 e. The van der Waals surface area contributed by atoms with Crippen molar-refractivity contribution in [2.45, 2.75) is 68.9 Å². The molecule has 1 aromatic heterocycles. The molecule has 1 atom stereocenters. The smallest absolute Gasteiger partial charge is 0.232 e. The molecule has 1 saturated heterocycles. The number of carbonyl (C=O) groups excluding carboxylic acids is 1. The van der Waals surface area contributed by atoms with E-state index in [2.05, 4.69) is 11.1 Å². The Morgan fingerprint density at radius 3 is 2.63 bits per heavy atom. The number of pyridine rings is 1. The maximum absolute atomic E-state index is 13.2. The van der Waals surface area contributed by atoms with Crippen molar-refractivity contribution in [2.24, 2.45) is 10.7 Å². The van der Waals surface area contributed by atoms with Crippen molar-refractivity contribution in [2.75, 3.05) is 13.2 Å². The lowest BCUT2D eigenvalue weighted by Gasteiger charge is -2.40. The summed E-state index contributed by atoms with van der Waals surface area (Å²) in [5, 5.41) is 10.2. The van der Waals surface area contributed by atoms with Crippen LogP contribution in [0.4, 0.5) is 0 Å². The third kappa shape index (κ3) is 4.30. The molecule has 1 aliphatic carbocycles. The average Bonchev–Trinajstić information content (AvgIpc) is 2.81. The third-order valence-corrected chi connectivity index (χ3v) is 8.16. The summed E-state index contributed by atoms with van der Waals surface area (Å²) in [7, 11) is 0. The first-order valence-electron chi connectivity index (χ1n) is 12.2. The summed E-state index contributed by atoms with van der Waals surface area (Å²) in [6.07, 6.45) is 6.98. The molecule has 1 amide bonds. The second-order valence-electron chi connectivity index (χ2n) is 10.1.